The van der Waals surface area contributed by atoms with Crippen molar-refractivity contribution in [1.82, 2.24) is 9.21 Å². The van der Waals surface area contributed by atoms with Crippen molar-refractivity contribution in [3.05, 3.63) is 65.2 Å². The lowest BCUT2D eigenvalue weighted by molar-refractivity contribution is 0.0656. The summed E-state index contributed by atoms with van der Waals surface area (Å²) in [6.07, 6.45) is 0.492. The monoisotopic (exact) mass is 373 g/mol. The number of benzene rings is 2. The lowest BCUT2D eigenvalue weighted by Crippen LogP contribution is -2.31. The maximum Gasteiger partial charge on any atom is 0.301 e. The number of hydrogen-bond donors (Lipinski definition) is 1. The Morgan fingerprint density at radius 1 is 0.923 bits per heavy atom. The summed E-state index contributed by atoms with van der Waals surface area (Å²) < 4.78 is 27.1. The maximum absolute atomic E-state index is 12.3. The van der Waals surface area contributed by atoms with E-state index in [0.717, 1.165) is 9.87 Å². The smallest absolute Gasteiger partial charge is 0.274 e. The third-order valence-electron chi connectivity index (χ3n) is 4.18. The van der Waals surface area contributed by atoms with Crippen molar-refractivity contribution < 1.29 is 18.0 Å². The average molecular weight is 373 g/mol. The summed E-state index contributed by atoms with van der Waals surface area (Å²) in [5, 5.41) is 0. The Balaban J connectivity index is 1.65. The molecule has 2 aromatic rings. The zero-order valence-corrected chi connectivity index (χ0v) is 15.3. The molecule has 0 unspecified atom stereocenters. The molecule has 8 heteroatoms. The number of fused-ring (bicyclic) bond motifs is 1. The molecule has 136 valence electrons. The highest BCUT2D eigenvalue weighted by atomic mass is 32.2. The lowest BCUT2D eigenvalue weighted by atomic mass is 10.1. The molecule has 2 aromatic carbocycles. The molecule has 0 aliphatic carbocycles. The largest absolute Gasteiger partial charge is 0.301 e. The number of anilines is 1. The average Bonchev–Trinajstić information content (AvgIpc) is 2.85. The number of rotatable bonds is 6. The van der Waals surface area contributed by atoms with Gasteiger partial charge in [0.1, 0.15) is 0 Å². The van der Waals surface area contributed by atoms with Crippen molar-refractivity contribution in [3.8, 4) is 0 Å². The normalized spacial score (nSPS) is 14.0. The number of nitrogens with zero attached hydrogens (tertiary/aromatic N) is 2. The minimum absolute atomic E-state index is 0.273. The number of amides is 2. The Morgan fingerprint density at radius 3 is 1.96 bits per heavy atom. The van der Waals surface area contributed by atoms with Crippen LogP contribution in [0, 0.1) is 0 Å². The fourth-order valence-corrected chi connectivity index (χ4v) is 3.28. The van der Waals surface area contributed by atoms with Gasteiger partial charge in [0.05, 0.1) is 11.1 Å². The second kappa shape index (κ2) is 6.89. The highest BCUT2D eigenvalue weighted by Gasteiger charge is 2.34. The van der Waals surface area contributed by atoms with Gasteiger partial charge in [-0.3, -0.25) is 19.2 Å². The van der Waals surface area contributed by atoms with Crippen molar-refractivity contribution in [2.24, 2.45) is 0 Å². The molecule has 2 amide bonds. The fraction of sp³-hybridized carbons (Fsp3) is 0.222. The van der Waals surface area contributed by atoms with Gasteiger partial charge in [0.15, 0.2) is 0 Å². The summed E-state index contributed by atoms with van der Waals surface area (Å²) in [7, 11) is -0.662. The van der Waals surface area contributed by atoms with Crippen LogP contribution in [0.1, 0.15) is 26.3 Å². The molecule has 0 radical (unpaired) electrons. The molecule has 0 fully saturated rings. The molecule has 0 atom stereocenters. The summed E-state index contributed by atoms with van der Waals surface area (Å²) in [5.74, 6) is -0.554. The molecule has 1 heterocycles. The van der Waals surface area contributed by atoms with Gasteiger partial charge >= 0.3 is 10.2 Å². The van der Waals surface area contributed by atoms with Gasteiger partial charge in [-0.1, -0.05) is 24.3 Å². The summed E-state index contributed by atoms with van der Waals surface area (Å²) >= 11 is 0. The van der Waals surface area contributed by atoms with Gasteiger partial charge < -0.3 is 0 Å². The van der Waals surface area contributed by atoms with E-state index in [2.05, 4.69) is 4.72 Å². The van der Waals surface area contributed by atoms with E-state index >= 15 is 0 Å². The standard InChI is InChI=1S/C18H19N3O4S/c1-20(2)26(24,25)19-14-9-7-13(8-10-14)11-12-21-17(22)15-5-3-4-6-16(15)18(21)23/h3-10,19H,11-12H2,1-2H3. The molecule has 7 nitrogen and oxygen atoms in total. The molecule has 0 saturated heterocycles. The molecule has 3 rings (SSSR count). The summed E-state index contributed by atoms with van der Waals surface area (Å²) in [6.45, 7) is 0.273. The Kier molecular flexibility index (Phi) is 4.80. The van der Waals surface area contributed by atoms with Gasteiger partial charge in [0.2, 0.25) is 0 Å². The van der Waals surface area contributed by atoms with E-state index in [0.29, 0.717) is 23.2 Å². The second-order valence-electron chi connectivity index (χ2n) is 6.14. The van der Waals surface area contributed by atoms with E-state index in [1.54, 1.807) is 48.5 Å². The topological polar surface area (TPSA) is 86.8 Å². The Morgan fingerprint density at radius 2 is 1.46 bits per heavy atom. The number of imide groups is 1. The second-order valence-corrected chi connectivity index (χ2v) is 8.03. The van der Waals surface area contributed by atoms with Crippen LogP contribution in [0.5, 0.6) is 0 Å². The molecule has 0 bridgehead atoms. The highest BCUT2D eigenvalue weighted by Crippen LogP contribution is 2.23. The molecule has 1 N–H and O–H groups in total. The predicted octanol–water partition coefficient (Wildman–Crippen LogP) is 1.74. The first-order valence-corrected chi connectivity index (χ1v) is 9.48. The third-order valence-corrected chi connectivity index (χ3v) is 5.64. The molecule has 1 aliphatic heterocycles. The summed E-state index contributed by atoms with van der Waals surface area (Å²) in [4.78, 5) is 25.9. The van der Waals surface area contributed by atoms with Crippen LogP contribution < -0.4 is 4.72 Å². The Bertz CT molecular complexity index is 918. The van der Waals surface area contributed by atoms with Crippen LogP contribution in [0.3, 0.4) is 0 Å². The van der Waals surface area contributed by atoms with Crippen LogP contribution in [0.15, 0.2) is 48.5 Å². The van der Waals surface area contributed by atoms with Crippen LogP contribution in [-0.2, 0) is 16.6 Å². The van der Waals surface area contributed by atoms with Gasteiger partial charge in [0, 0.05) is 26.3 Å². The molecule has 1 aliphatic rings. The number of hydrogen-bond acceptors (Lipinski definition) is 4. The van der Waals surface area contributed by atoms with Crippen molar-refractivity contribution in [3.63, 3.8) is 0 Å². The first kappa shape index (κ1) is 18.1. The van der Waals surface area contributed by atoms with Gasteiger partial charge in [-0.25, -0.2) is 0 Å². The fourth-order valence-electron chi connectivity index (χ4n) is 2.66. The minimum atomic E-state index is -3.55. The first-order chi connectivity index (χ1) is 12.3. The lowest BCUT2D eigenvalue weighted by Gasteiger charge is -2.15. The van der Waals surface area contributed by atoms with E-state index in [1.807, 2.05) is 0 Å². The van der Waals surface area contributed by atoms with Crippen LogP contribution in [0.2, 0.25) is 0 Å². The van der Waals surface area contributed by atoms with Crippen molar-refractivity contribution >= 4 is 27.7 Å². The van der Waals surface area contributed by atoms with Crippen molar-refractivity contribution in [2.75, 3.05) is 25.4 Å². The van der Waals surface area contributed by atoms with E-state index in [9.17, 15) is 18.0 Å². The SMILES string of the molecule is CN(C)S(=O)(=O)Nc1ccc(CCN2C(=O)c3ccccc3C2=O)cc1. The molecule has 0 aromatic heterocycles. The molecular formula is C18H19N3O4S. The molecular weight excluding hydrogens is 354 g/mol. The Labute approximate surface area is 152 Å². The van der Waals surface area contributed by atoms with Gasteiger partial charge in [-0.05, 0) is 36.2 Å². The van der Waals surface area contributed by atoms with Crippen LogP contribution in [0.4, 0.5) is 5.69 Å². The molecule has 26 heavy (non-hydrogen) atoms. The van der Waals surface area contributed by atoms with E-state index in [-0.39, 0.29) is 18.4 Å². The van der Waals surface area contributed by atoms with E-state index < -0.39 is 10.2 Å². The van der Waals surface area contributed by atoms with Gasteiger partial charge in [-0.15, -0.1) is 0 Å². The summed E-state index contributed by atoms with van der Waals surface area (Å²) in [6, 6.07) is 13.6. The third kappa shape index (κ3) is 3.47. The quantitative estimate of drug-likeness (QED) is 0.782. The van der Waals surface area contributed by atoms with Crippen molar-refractivity contribution in [1.29, 1.82) is 0 Å². The molecule has 0 spiro atoms. The minimum Gasteiger partial charge on any atom is -0.274 e. The number of carbonyl (C=O) groups is 2. The molecule has 0 saturated carbocycles. The zero-order valence-electron chi connectivity index (χ0n) is 14.5. The van der Waals surface area contributed by atoms with Gasteiger partial charge in [0.25, 0.3) is 11.8 Å². The Hall–Kier alpha value is -2.71. The van der Waals surface area contributed by atoms with Crippen LogP contribution in [0.25, 0.3) is 0 Å². The predicted molar refractivity (Wildman–Crippen MR) is 98.2 cm³/mol. The number of nitrogens with one attached hydrogen (secondary N) is 1. The maximum atomic E-state index is 12.3. The highest BCUT2D eigenvalue weighted by molar-refractivity contribution is 7.90. The van der Waals surface area contributed by atoms with E-state index in [4.69, 9.17) is 0 Å². The van der Waals surface area contributed by atoms with Crippen LogP contribution in [-0.4, -0.2) is 50.1 Å². The summed E-state index contributed by atoms with van der Waals surface area (Å²) in [5.41, 5.74) is 2.22. The zero-order chi connectivity index (χ0) is 18.9. The van der Waals surface area contributed by atoms with E-state index in [1.165, 1.54) is 19.0 Å². The van der Waals surface area contributed by atoms with Gasteiger partial charge in [-0.2, -0.15) is 12.7 Å². The first-order valence-electron chi connectivity index (χ1n) is 8.04. The van der Waals surface area contributed by atoms with Crippen molar-refractivity contribution in [2.45, 2.75) is 6.42 Å². The van der Waals surface area contributed by atoms with Crippen LogP contribution >= 0.6 is 0 Å². The number of carbonyl (C=O) groups excluding carboxylic acids is 2.